The molecule has 102 valence electrons. The molecule has 0 bridgehead atoms. The number of ether oxygens (including phenoxy) is 1. The van der Waals surface area contributed by atoms with E-state index in [-0.39, 0.29) is 17.0 Å². The van der Waals surface area contributed by atoms with Crippen molar-refractivity contribution in [1.82, 2.24) is 10.6 Å². The largest absolute Gasteiger partial charge is 0.375 e. The number of rotatable bonds is 8. The molecule has 0 saturated heterocycles. The van der Waals surface area contributed by atoms with E-state index in [0.717, 1.165) is 19.4 Å². The maximum Gasteiger partial charge on any atom is 0.216 e. The molecule has 0 aromatic heterocycles. The highest BCUT2D eigenvalue weighted by atomic mass is 16.5. The summed E-state index contributed by atoms with van der Waals surface area (Å²) in [5, 5.41) is 6.04. The highest BCUT2D eigenvalue weighted by Crippen LogP contribution is 2.16. The lowest BCUT2D eigenvalue weighted by Gasteiger charge is -2.29. The van der Waals surface area contributed by atoms with Crippen LogP contribution in [0.4, 0.5) is 0 Å². The zero-order valence-electron chi connectivity index (χ0n) is 12.1. The van der Waals surface area contributed by atoms with Gasteiger partial charge in [-0.15, -0.1) is 0 Å². The molecule has 1 amide bonds. The molecule has 4 nitrogen and oxygen atoms in total. The minimum Gasteiger partial charge on any atom is -0.375 e. The van der Waals surface area contributed by atoms with Crippen molar-refractivity contribution in [2.24, 2.45) is 0 Å². The van der Waals surface area contributed by atoms with Crippen molar-refractivity contribution < 1.29 is 9.53 Å². The second-order valence-corrected chi connectivity index (χ2v) is 5.73. The molecule has 0 fully saturated rings. The fraction of sp³-hybridized carbons (Fsp3) is 0.923. The predicted octanol–water partition coefficient (Wildman–Crippen LogP) is 1.70. The molecule has 0 aliphatic rings. The summed E-state index contributed by atoms with van der Waals surface area (Å²) in [6.45, 7) is 11.3. The lowest BCUT2D eigenvalue weighted by Crippen LogP contribution is -2.39. The summed E-state index contributed by atoms with van der Waals surface area (Å²) in [5.74, 6) is 0.0112. The molecule has 0 aliphatic carbocycles. The van der Waals surface area contributed by atoms with Gasteiger partial charge in [-0.1, -0.05) is 0 Å². The van der Waals surface area contributed by atoms with Gasteiger partial charge in [0, 0.05) is 25.6 Å². The van der Waals surface area contributed by atoms with E-state index in [9.17, 15) is 4.79 Å². The SMILES string of the molecule is CNC(C)(C)CCOC(C)(C)CCNC(C)=O. The third kappa shape index (κ3) is 9.12. The molecule has 0 saturated carbocycles. The van der Waals surface area contributed by atoms with E-state index in [1.165, 1.54) is 6.92 Å². The summed E-state index contributed by atoms with van der Waals surface area (Å²) in [6, 6.07) is 0. The van der Waals surface area contributed by atoms with E-state index in [2.05, 4.69) is 38.3 Å². The summed E-state index contributed by atoms with van der Waals surface area (Å²) < 4.78 is 5.86. The van der Waals surface area contributed by atoms with Gasteiger partial charge in [-0.05, 0) is 47.6 Å². The normalized spacial score (nSPS) is 12.6. The molecule has 4 heteroatoms. The quantitative estimate of drug-likeness (QED) is 0.683. The van der Waals surface area contributed by atoms with Gasteiger partial charge in [0.2, 0.25) is 5.91 Å². The molecule has 0 unspecified atom stereocenters. The summed E-state index contributed by atoms with van der Waals surface area (Å²) >= 11 is 0. The van der Waals surface area contributed by atoms with Gasteiger partial charge < -0.3 is 15.4 Å². The van der Waals surface area contributed by atoms with Crippen LogP contribution in [-0.2, 0) is 9.53 Å². The molecule has 0 aromatic rings. The molecule has 0 rings (SSSR count). The number of hydrogen-bond donors (Lipinski definition) is 2. The van der Waals surface area contributed by atoms with Crippen molar-refractivity contribution in [3.05, 3.63) is 0 Å². The third-order valence-electron chi connectivity index (χ3n) is 3.00. The van der Waals surface area contributed by atoms with Crippen LogP contribution in [0.15, 0.2) is 0 Å². The van der Waals surface area contributed by atoms with Crippen molar-refractivity contribution in [2.45, 2.75) is 58.6 Å². The summed E-state index contributed by atoms with van der Waals surface area (Å²) in [4.78, 5) is 10.8. The maximum atomic E-state index is 10.8. The van der Waals surface area contributed by atoms with Crippen molar-refractivity contribution in [1.29, 1.82) is 0 Å². The van der Waals surface area contributed by atoms with Gasteiger partial charge in [0.15, 0.2) is 0 Å². The first-order chi connectivity index (χ1) is 7.68. The number of amides is 1. The van der Waals surface area contributed by atoms with Gasteiger partial charge in [0.1, 0.15) is 0 Å². The van der Waals surface area contributed by atoms with Crippen LogP contribution < -0.4 is 10.6 Å². The highest BCUT2D eigenvalue weighted by Gasteiger charge is 2.20. The average Bonchev–Trinajstić information content (AvgIpc) is 2.16. The van der Waals surface area contributed by atoms with E-state index in [4.69, 9.17) is 4.74 Å². The third-order valence-corrected chi connectivity index (χ3v) is 3.00. The zero-order valence-corrected chi connectivity index (χ0v) is 12.1. The van der Waals surface area contributed by atoms with E-state index < -0.39 is 0 Å². The Labute approximate surface area is 105 Å². The van der Waals surface area contributed by atoms with E-state index >= 15 is 0 Å². The number of carbonyl (C=O) groups excluding carboxylic acids is 1. The van der Waals surface area contributed by atoms with Crippen LogP contribution in [0.5, 0.6) is 0 Å². The molecule has 0 radical (unpaired) electrons. The van der Waals surface area contributed by atoms with Gasteiger partial charge in [-0.3, -0.25) is 4.79 Å². The van der Waals surface area contributed by atoms with Crippen LogP contribution in [-0.4, -0.2) is 37.2 Å². The van der Waals surface area contributed by atoms with Gasteiger partial charge in [0.05, 0.1) is 5.60 Å². The molecule has 0 heterocycles. The van der Waals surface area contributed by atoms with E-state index in [1.807, 2.05) is 7.05 Å². The van der Waals surface area contributed by atoms with Gasteiger partial charge in [0.25, 0.3) is 0 Å². The number of carbonyl (C=O) groups is 1. The molecule has 17 heavy (non-hydrogen) atoms. The topological polar surface area (TPSA) is 50.4 Å². The first kappa shape index (κ1) is 16.4. The van der Waals surface area contributed by atoms with Crippen LogP contribution in [0.1, 0.15) is 47.5 Å². The second-order valence-electron chi connectivity index (χ2n) is 5.73. The lowest BCUT2D eigenvalue weighted by molar-refractivity contribution is -0.119. The molecule has 0 atom stereocenters. The van der Waals surface area contributed by atoms with Crippen LogP contribution in [0.2, 0.25) is 0 Å². The molecular weight excluding hydrogens is 216 g/mol. The molecule has 0 spiro atoms. The Morgan fingerprint density at radius 2 is 1.76 bits per heavy atom. The fourth-order valence-electron chi connectivity index (χ4n) is 1.32. The highest BCUT2D eigenvalue weighted by molar-refractivity contribution is 5.72. The smallest absolute Gasteiger partial charge is 0.216 e. The Kier molecular flexibility index (Phi) is 6.72. The van der Waals surface area contributed by atoms with Crippen LogP contribution in [0.25, 0.3) is 0 Å². The average molecular weight is 244 g/mol. The molecule has 2 N–H and O–H groups in total. The zero-order chi connectivity index (χ0) is 13.5. The summed E-state index contributed by atoms with van der Waals surface area (Å²) in [5.41, 5.74) is -0.0833. The second kappa shape index (κ2) is 6.97. The molecule has 0 aliphatic heterocycles. The monoisotopic (exact) mass is 244 g/mol. The Bertz CT molecular complexity index is 238. The fourth-order valence-corrected chi connectivity index (χ4v) is 1.32. The molecular formula is C13H28N2O2. The first-order valence-electron chi connectivity index (χ1n) is 6.26. The van der Waals surface area contributed by atoms with Crippen molar-refractivity contribution in [3.63, 3.8) is 0 Å². The maximum absolute atomic E-state index is 10.8. The van der Waals surface area contributed by atoms with Gasteiger partial charge in [-0.25, -0.2) is 0 Å². The van der Waals surface area contributed by atoms with Crippen molar-refractivity contribution in [3.8, 4) is 0 Å². The van der Waals surface area contributed by atoms with E-state index in [0.29, 0.717) is 6.54 Å². The van der Waals surface area contributed by atoms with Crippen molar-refractivity contribution in [2.75, 3.05) is 20.2 Å². The standard InChI is InChI=1S/C13H28N2O2/c1-11(16)15-9-7-13(4,5)17-10-8-12(2,3)14-6/h14H,7-10H2,1-6H3,(H,15,16). The lowest BCUT2D eigenvalue weighted by atomic mass is 10.0. The van der Waals surface area contributed by atoms with Crippen LogP contribution >= 0.6 is 0 Å². The summed E-state index contributed by atoms with van der Waals surface area (Å²) in [7, 11) is 1.96. The van der Waals surface area contributed by atoms with Gasteiger partial charge in [-0.2, -0.15) is 0 Å². The number of hydrogen-bond acceptors (Lipinski definition) is 3. The Balaban J connectivity index is 3.81. The van der Waals surface area contributed by atoms with Crippen LogP contribution in [0, 0.1) is 0 Å². The summed E-state index contributed by atoms with van der Waals surface area (Å²) in [6.07, 6.45) is 1.79. The first-order valence-corrected chi connectivity index (χ1v) is 6.26. The molecule has 0 aromatic carbocycles. The predicted molar refractivity (Wildman–Crippen MR) is 71.1 cm³/mol. The Morgan fingerprint density at radius 1 is 1.18 bits per heavy atom. The Hall–Kier alpha value is -0.610. The number of nitrogens with one attached hydrogen (secondary N) is 2. The van der Waals surface area contributed by atoms with Crippen molar-refractivity contribution >= 4 is 5.91 Å². The minimum atomic E-state index is -0.188. The van der Waals surface area contributed by atoms with Gasteiger partial charge >= 0.3 is 0 Å². The minimum absolute atomic E-state index is 0.0112. The van der Waals surface area contributed by atoms with E-state index in [1.54, 1.807) is 0 Å². The Morgan fingerprint density at radius 3 is 2.24 bits per heavy atom. The van der Waals surface area contributed by atoms with Crippen LogP contribution in [0.3, 0.4) is 0 Å².